The second-order valence-corrected chi connectivity index (χ2v) is 4.83. The van der Waals surface area contributed by atoms with E-state index in [1.54, 1.807) is 11.0 Å². The summed E-state index contributed by atoms with van der Waals surface area (Å²) in [6, 6.07) is 5.64. The van der Waals surface area contributed by atoms with Crippen molar-refractivity contribution in [3.63, 3.8) is 0 Å². The Kier molecular flexibility index (Phi) is 3.36. The second-order valence-electron chi connectivity index (χ2n) is 4.83. The van der Waals surface area contributed by atoms with Crippen LogP contribution in [-0.2, 0) is 0 Å². The Morgan fingerprint density at radius 3 is 2.65 bits per heavy atom. The molecular weight excluding hydrogens is 214 g/mol. The van der Waals surface area contributed by atoms with E-state index in [1.165, 1.54) is 12.8 Å². The van der Waals surface area contributed by atoms with Crippen molar-refractivity contribution in [2.75, 3.05) is 7.05 Å². The third-order valence-electron chi connectivity index (χ3n) is 3.66. The summed E-state index contributed by atoms with van der Waals surface area (Å²) in [5, 5.41) is 9.91. The van der Waals surface area contributed by atoms with E-state index in [0.717, 1.165) is 18.4 Å². The van der Waals surface area contributed by atoms with Gasteiger partial charge in [-0.1, -0.05) is 25.0 Å². The number of carbonyl (C=O) groups is 1. The Balaban J connectivity index is 2.21. The standard InChI is InChI=1S/C14H19NO2/c1-10-6-5-9-12(13(10)16)14(17)15(2)11-7-3-4-8-11/h5-6,9,11,16H,3-4,7-8H2,1-2H3. The normalized spacial score (nSPS) is 16.1. The molecule has 2 rings (SSSR count). The van der Waals surface area contributed by atoms with Crippen molar-refractivity contribution in [2.24, 2.45) is 0 Å². The summed E-state index contributed by atoms with van der Waals surface area (Å²) < 4.78 is 0. The highest BCUT2D eigenvalue weighted by molar-refractivity contribution is 5.97. The molecule has 0 aromatic heterocycles. The molecule has 1 aliphatic rings. The predicted octanol–water partition coefficient (Wildman–Crippen LogP) is 2.72. The zero-order valence-corrected chi connectivity index (χ0v) is 10.4. The van der Waals surface area contributed by atoms with E-state index < -0.39 is 0 Å². The van der Waals surface area contributed by atoms with Crippen LogP contribution in [0.15, 0.2) is 18.2 Å². The third-order valence-corrected chi connectivity index (χ3v) is 3.66. The van der Waals surface area contributed by atoms with Crippen molar-refractivity contribution in [1.29, 1.82) is 0 Å². The topological polar surface area (TPSA) is 40.5 Å². The first kappa shape index (κ1) is 12.0. The second kappa shape index (κ2) is 4.78. The van der Waals surface area contributed by atoms with Gasteiger partial charge in [0, 0.05) is 13.1 Å². The number of hydrogen-bond acceptors (Lipinski definition) is 2. The molecular formula is C14H19NO2. The molecule has 0 aliphatic heterocycles. The van der Waals surface area contributed by atoms with Gasteiger partial charge in [-0.25, -0.2) is 0 Å². The van der Waals surface area contributed by atoms with E-state index in [2.05, 4.69) is 0 Å². The Labute approximate surface area is 102 Å². The van der Waals surface area contributed by atoms with Crippen molar-refractivity contribution < 1.29 is 9.90 Å². The largest absolute Gasteiger partial charge is 0.507 e. The number of aryl methyl sites for hydroxylation is 1. The minimum absolute atomic E-state index is 0.0712. The first-order valence-electron chi connectivity index (χ1n) is 6.17. The Morgan fingerprint density at radius 2 is 2.00 bits per heavy atom. The molecule has 0 unspecified atom stereocenters. The molecule has 0 spiro atoms. The summed E-state index contributed by atoms with van der Waals surface area (Å²) in [4.78, 5) is 14.0. The summed E-state index contributed by atoms with van der Waals surface area (Å²) in [5.74, 6) is 0.0421. The highest BCUT2D eigenvalue weighted by atomic mass is 16.3. The van der Waals surface area contributed by atoms with Crippen LogP contribution in [0.2, 0.25) is 0 Å². The van der Waals surface area contributed by atoms with Crippen LogP contribution >= 0.6 is 0 Å². The van der Waals surface area contributed by atoms with Crippen LogP contribution in [0.3, 0.4) is 0 Å². The molecule has 17 heavy (non-hydrogen) atoms. The van der Waals surface area contributed by atoms with E-state index in [-0.39, 0.29) is 11.7 Å². The number of rotatable bonds is 2. The number of hydrogen-bond donors (Lipinski definition) is 1. The highest BCUT2D eigenvalue weighted by Crippen LogP contribution is 2.27. The van der Waals surface area contributed by atoms with Gasteiger partial charge in [0.05, 0.1) is 5.56 Å². The zero-order chi connectivity index (χ0) is 12.4. The van der Waals surface area contributed by atoms with Crippen molar-refractivity contribution in [3.8, 4) is 5.75 Å². The van der Waals surface area contributed by atoms with Gasteiger partial charge >= 0.3 is 0 Å². The fourth-order valence-corrected chi connectivity index (χ4v) is 2.48. The Bertz CT molecular complexity index is 422. The molecule has 1 aromatic carbocycles. The van der Waals surface area contributed by atoms with Crippen LogP contribution in [0.4, 0.5) is 0 Å². The lowest BCUT2D eigenvalue weighted by Gasteiger charge is -2.24. The molecule has 0 heterocycles. The van der Waals surface area contributed by atoms with Crippen LogP contribution in [-0.4, -0.2) is 29.0 Å². The monoisotopic (exact) mass is 233 g/mol. The molecule has 0 radical (unpaired) electrons. The maximum absolute atomic E-state index is 12.3. The number of nitrogens with zero attached hydrogens (tertiary/aromatic N) is 1. The van der Waals surface area contributed by atoms with Crippen LogP contribution in [0.1, 0.15) is 41.6 Å². The third kappa shape index (κ3) is 2.28. The average molecular weight is 233 g/mol. The minimum Gasteiger partial charge on any atom is -0.507 e. The fraction of sp³-hybridized carbons (Fsp3) is 0.500. The molecule has 92 valence electrons. The number of aromatic hydroxyl groups is 1. The van der Waals surface area contributed by atoms with Crippen LogP contribution < -0.4 is 0 Å². The van der Waals surface area contributed by atoms with Crippen molar-refractivity contribution >= 4 is 5.91 Å². The van der Waals surface area contributed by atoms with E-state index >= 15 is 0 Å². The lowest BCUT2D eigenvalue weighted by atomic mass is 10.1. The SMILES string of the molecule is Cc1cccc(C(=O)N(C)C2CCCC2)c1O. The van der Waals surface area contributed by atoms with E-state index in [0.29, 0.717) is 11.6 Å². The number of para-hydroxylation sites is 1. The molecule has 0 atom stereocenters. The molecule has 1 fully saturated rings. The molecule has 1 saturated carbocycles. The first-order valence-corrected chi connectivity index (χ1v) is 6.17. The number of phenols is 1. The van der Waals surface area contributed by atoms with Crippen LogP contribution in [0.25, 0.3) is 0 Å². The Hall–Kier alpha value is -1.51. The van der Waals surface area contributed by atoms with Gasteiger partial charge in [-0.15, -0.1) is 0 Å². The van der Waals surface area contributed by atoms with Crippen molar-refractivity contribution in [2.45, 2.75) is 38.6 Å². The maximum atomic E-state index is 12.3. The van der Waals surface area contributed by atoms with Gasteiger partial charge in [0.15, 0.2) is 0 Å². The van der Waals surface area contributed by atoms with E-state index in [1.807, 2.05) is 26.1 Å². The first-order chi connectivity index (χ1) is 8.11. The zero-order valence-electron chi connectivity index (χ0n) is 10.4. The Morgan fingerprint density at radius 1 is 1.35 bits per heavy atom. The van der Waals surface area contributed by atoms with Gasteiger partial charge in [0.2, 0.25) is 0 Å². The fourth-order valence-electron chi connectivity index (χ4n) is 2.48. The van der Waals surface area contributed by atoms with Crippen LogP contribution in [0, 0.1) is 6.92 Å². The molecule has 1 aliphatic carbocycles. The molecule has 3 heteroatoms. The summed E-state index contributed by atoms with van der Waals surface area (Å²) in [7, 11) is 1.83. The van der Waals surface area contributed by atoms with Gasteiger partial charge in [-0.05, 0) is 31.4 Å². The number of carbonyl (C=O) groups excluding carboxylic acids is 1. The maximum Gasteiger partial charge on any atom is 0.257 e. The highest BCUT2D eigenvalue weighted by Gasteiger charge is 2.25. The lowest BCUT2D eigenvalue weighted by molar-refractivity contribution is 0.0732. The van der Waals surface area contributed by atoms with Gasteiger partial charge in [0.25, 0.3) is 5.91 Å². The van der Waals surface area contributed by atoms with Gasteiger partial charge < -0.3 is 10.0 Å². The molecule has 1 amide bonds. The van der Waals surface area contributed by atoms with Gasteiger partial charge in [0.1, 0.15) is 5.75 Å². The summed E-state index contributed by atoms with van der Waals surface area (Å²) in [5.41, 5.74) is 1.16. The summed E-state index contributed by atoms with van der Waals surface area (Å²) in [6.07, 6.45) is 4.55. The molecule has 1 N–H and O–H groups in total. The molecule has 3 nitrogen and oxygen atoms in total. The average Bonchev–Trinajstić information content (AvgIpc) is 2.84. The predicted molar refractivity (Wildman–Crippen MR) is 67.2 cm³/mol. The van der Waals surface area contributed by atoms with Crippen LogP contribution in [0.5, 0.6) is 5.75 Å². The molecule has 0 saturated heterocycles. The van der Waals surface area contributed by atoms with E-state index in [4.69, 9.17) is 0 Å². The number of benzene rings is 1. The molecule has 1 aromatic rings. The minimum atomic E-state index is -0.0712. The van der Waals surface area contributed by atoms with Gasteiger partial charge in [-0.3, -0.25) is 4.79 Å². The smallest absolute Gasteiger partial charge is 0.257 e. The number of amides is 1. The molecule has 0 bridgehead atoms. The quantitative estimate of drug-likeness (QED) is 0.853. The summed E-state index contributed by atoms with van der Waals surface area (Å²) in [6.45, 7) is 1.81. The van der Waals surface area contributed by atoms with E-state index in [9.17, 15) is 9.90 Å². The van der Waals surface area contributed by atoms with Gasteiger partial charge in [-0.2, -0.15) is 0 Å². The summed E-state index contributed by atoms with van der Waals surface area (Å²) >= 11 is 0. The van der Waals surface area contributed by atoms with Crippen molar-refractivity contribution in [1.82, 2.24) is 4.90 Å². The number of phenolic OH excluding ortho intramolecular Hbond substituents is 1. The van der Waals surface area contributed by atoms with Crippen molar-refractivity contribution in [3.05, 3.63) is 29.3 Å². The lowest BCUT2D eigenvalue weighted by Crippen LogP contribution is -2.35.